The highest BCUT2D eigenvalue weighted by atomic mass is 16.5. The highest BCUT2D eigenvalue weighted by Crippen LogP contribution is 2.39. The lowest BCUT2D eigenvalue weighted by molar-refractivity contribution is 0.291. The zero-order valence-electron chi connectivity index (χ0n) is 17.9. The summed E-state index contributed by atoms with van der Waals surface area (Å²) in [6.45, 7) is 0.765. The van der Waals surface area contributed by atoms with Crippen LogP contribution in [0.25, 0.3) is 22.3 Å². The van der Waals surface area contributed by atoms with Crippen LogP contribution in [0.15, 0.2) is 118 Å². The van der Waals surface area contributed by atoms with Crippen molar-refractivity contribution >= 4 is 11.0 Å². The molecule has 0 aliphatic heterocycles. The van der Waals surface area contributed by atoms with Gasteiger partial charge >= 0.3 is 0 Å². The molecule has 0 spiro atoms. The van der Waals surface area contributed by atoms with Gasteiger partial charge in [-0.05, 0) is 35.4 Å². The Balaban J connectivity index is 1.57. The SMILES string of the molecule is O=c1cc(-c2c(OCc3ccccc3)cccc2OCc2ccccc2)oc2ccccc12. The first-order valence-electron chi connectivity index (χ1n) is 10.8. The van der Waals surface area contributed by atoms with Crippen LogP contribution >= 0.6 is 0 Å². The molecule has 33 heavy (non-hydrogen) atoms. The second kappa shape index (κ2) is 9.45. The fraction of sp³-hybridized carbons (Fsp3) is 0.0690. The van der Waals surface area contributed by atoms with E-state index in [-0.39, 0.29) is 5.43 Å². The van der Waals surface area contributed by atoms with Gasteiger partial charge < -0.3 is 13.9 Å². The fourth-order valence-electron chi connectivity index (χ4n) is 3.69. The van der Waals surface area contributed by atoms with Gasteiger partial charge in [0, 0.05) is 6.07 Å². The maximum absolute atomic E-state index is 12.8. The van der Waals surface area contributed by atoms with E-state index in [0.717, 1.165) is 11.1 Å². The zero-order chi connectivity index (χ0) is 22.5. The van der Waals surface area contributed by atoms with Crippen LogP contribution in [0.1, 0.15) is 11.1 Å². The molecular weight excluding hydrogens is 412 g/mol. The first-order chi connectivity index (χ1) is 16.3. The topological polar surface area (TPSA) is 48.7 Å². The van der Waals surface area contributed by atoms with E-state index in [2.05, 4.69) is 0 Å². The van der Waals surface area contributed by atoms with Crippen LogP contribution in [0.4, 0.5) is 0 Å². The molecule has 4 aromatic carbocycles. The Morgan fingerprint density at radius 1 is 0.606 bits per heavy atom. The first kappa shape index (κ1) is 20.6. The van der Waals surface area contributed by atoms with Gasteiger partial charge in [0.15, 0.2) is 5.43 Å². The van der Waals surface area contributed by atoms with E-state index in [0.29, 0.717) is 47.0 Å². The molecule has 5 rings (SSSR count). The third kappa shape index (κ3) is 4.65. The van der Waals surface area contributed by atoms with E-state index in [1.165, 1.54) is 6.07 Å². The van der Waals surface area contributed by atoms with Crippen LogP contribution in [0.3, 0.4) is 0 Å². The molecule has 5 aromatic rings. The Morgan fingerprint density at radius 3 is 1.76 bits per heavy atom. The summed E-state index contributed by atoms with van der Waals surface area (Å²) >= 11 is 0. The predicted molar refractivity (Wildman–Crippen MR) is 129 cm³/mol. The van der Waals surface area contributed by atoms with Gasteiger partial charge in [0.2, 0.25) is 0 Å². The maximum Gasteiger partial charge on any atom is 0.193 e. The third-order valence-electron chi connectivity index (χ3n) is 5.34. The van der Waals surface area contributed by atoms with Gasteiger partial charge in [0.05, 0.1) is 5.39 Å². The van der Waals surface area contributed by atoms with E-state index >= 15 is 0 Å². The molecule has 4 heteroatoms. The Hall–Kier alpha value is -4.31. The molecule has 1 aromatic heterocycles. The van der Waals surface area contributed by atoms with Crippen LogP contribution in [0.5, 0.6) is 11.5 Å². The molecule has 0 aliphatic carbocycles. The van der Waals surface area contributed by atoms with Crippen molar-refractivity contribution in [1.29, 1.82) is 0 Å². The summed E-state index contributed by atoms with van der Waals surface area (Å²) in [7, 11) is 0. The minimum absolute atomic E-state index is 0.112. The molecule has 0 fully saturated rings. The Bertz CT molecular complexity index is 1360. The first-order valence-corrected chi connectivity index (χ1v) is 10.8. The Morgan fingerprint density at radius 2 is 1.15 bits per heavy atom. The molecule has 4 nitrogen and oxygen atoms in total. The van der Waals surface area contributed by atoms with Crippen LogP contribution in [0, 0.1) is 0 Å². The smallest absolute Gasteiger partial charge is 0.193 e. The fourth-order valence-corrected chi connectivity index (χ4v) is 3.69. The summed E-state index contributed by atoms with van der Waals surface area (Å²) in [5.74, 6) is 1.58. The number of ether oxygens (including phenoxy) is 2. The van der Waals surface area contributed by atoms with Gasteiger partial charge in [0.1, 0.15) is 41.6 Å². The van der Waals surface area contributed by atoms with Crippen molar-refractivity contribution < 1.29 is 13.9 Å². The average Bonchev–Trinajstić information content (AvgIpc) is 2.87. The summed E-state index contributed by atoms with van der Waals surface area (Å²) in [6.07, 6.45) is 0. The van der Waals surface area contributed by atoms with Crippen molar-refractivity contribution in [2.45, 2.75) is 13.2 Å². The van der Waals surface area contributed by atoms with Crippen molar-refractivity contribution in [2.24, 2.45) is 0 Å². The summed E-state index contributed by atoms with van der Waals surface area (Å²) < 4.78 is 18.5. The summed E-state index contributed by atoms with van der Waals surface area (Å²) in [4.78, 5) is 12.8. The number of benzene rings is 4. The second-order valence-electron chi connectivity index (χ2n) is 7.65. The Labute approximate surface area is 191 Å². The molecule has 0 saturated carbocycles. The van der Waals surface area contributed by atoms with Crippen molar-refractivity contribution in [1.82, 2.24) is 0 Å². The van der Waals surface area contributed by atoms with E-state index in [1.807, 2.05) is 91.0 Å². The lowest BCUT2D eigenvalue weighted by Crippen LogP contribution is -2.04. The van der Waals surface area contributed by atoms with Gasteiger partial charge in [-0.3, -0.25) is 4.79 Å². The predicted octanol–water partition coefficient (Wildman–Crippen LogP) is 6.62. The molecule has 162 valence electrons. The molecule has 0 unspecified atom stereocenters. The highest BCUT2D eigenvalue weighted by Gasteiger charge is 2.18. The quantitative estimate of drug-likeness (QED) is 0.289. The lowest BCUT2D eigenvalue weighted by atomic mass is 10.1. The average molecular weight is 434 g/mol. The van der Waals surface area contributed by atoms with Crippen LogP contribution in [0.2, 0.25) is 0 Å². The maximum atomic E-state index is 12.8. The standard InChI is InChI=1S/C29H22O4/c30-24-18-28(33-25-15-8-7-14-23(24)25)29-26(31-19-21-10-3-1-4-11-21)16-9-17-27(29)32-20-22-12-5-2-6-13-22/h1-18H,19-20H2. The normalized spacial score (nSPS) is 10.8. The van der Waals surface area contributed by atoms with E-state index in [4.69, 9.17) is 13.9 Å². The largest absolute Gasteiger partial charge is 0.488 e. The van der Waals surface area contributed by atoms with Crippen LogP contribution in [-0.4, -0.2) is 0 Å². The summed E-state index contributed by atoms with van der Waals surface area (Å²) in [5, 5.41) is 0.538. The monoisotopic (exact) mass is 434 g/mol. The van der Waals surface area contributed by atoms with Crippen molar-refractivity contribution in [2.75, 3.05) is 0 Å². The van der Waals surface area contributed by atoms with E-state index < -0.39 is 0 Å². The lowest BCUT2D eigenvalue weighted by Gasteiger charge is -2.16. The number of para-hydroxylation sites is 1. The van der Waals surface area contributed by atoms with E-state index in [1.54, 1.807) is 12.1 Å². The molecule has 0 amide bonds. The number of hydrogen-bond acceptors (Lipinski definition) is 4. The van der Waals surface area contributed by atoms with Gasteiger partial charge in [-0.2, -0.15) is 0 Å². The molecule has 0 aliphatic rings. The number of rotatable bonds is 7. The van der Waals surface area contributed by atoms with Crippen LogP contribution in [-0.2, 0) is 13.2 Å². The second-order valence-corrected chi connectivity index (χ2v) is 7.65. The highest BCUT2D eigenvalue weighted by molar-refractivity contribution is 5.81. The minimum Gasteiger partial charge on any atom is -0.488 e. The van der Waals surface area contributed by atoms with Gasteiger partial charge in [-0.25, -0.2) is 0 Å². The van der Waals surface area contributed by atoms with Gasteiger partial charge in [0.25, 0.3) is 0 Å². The zero-order valence-corrected chi connectivity index (χ0v) is 17.9. The minimum atomic E-state index is -0.112. The van der Waals surface area contributed by atoms with Crippen molar-refractivity contribution in [3.05, 3.63) is 131 Å². The third-order valence-corrected chi connectivity index (χ3v) is 5.34. The molecule has 0 atom stereocenters. The molecule has 0 radical (unpaired) electrons. The van der Waals surface area contributed by atoms with Crippen LogP contribution < -0.4 is 14.9 Å². The number of hydrogen-bond donors (Lipinski definition) is 0. The van der Waals surface area contributed by atoms with Gasteiger partial charge in [-0.1, -0.05) is 78.9 Å². The summed E-state index contributed by atoms with van der Waals surface area (Å²) in [5.41, 5.74) is 3.11. The molecule has 0 N–H and O–H groups in total. The molecule has 0 bridgehead atoms. The van der Waals surface area contributed by atoms with Crippen molar-refractivity contribution in [3.8, 4) is 22.8 Å². The van der Waals surface area contributed by atoms with Crippen molar-refractivity contribution in [3.63, 3.8) is 0 Å². The summed E-state index contributed by atoms with van der Waals surface area (Å²) in [6, 6.07) is 34.2. The molecule has 0 saturated heterocycles. The molecule has 1 heterocycles. The molecular formula is C29H22O4. The van der Waals surface area contributed by atoms with E-state index in [9.17, 15) is 4.79 Å². The number of fused-ring (bicyclic) bond motifs is 1. The Kier molecular flexibility index (Phi) is 5.89. The van der Waals surface area contributed by atoms with Gasteiger partial charge in [-0.15, -0.1) is 0 Å².